The number of hydrogen-bond donors (Lipinski definition) is 0. The number of benzene rings is 2. The lowest BCUT2D eigenvalue weighted by molar-refractivity contribution is 0.0730. The van der Waals surface area contributed by atoms with Gasteiger partial charge in [-0.1, -0.05) is 49.4 Å². The van der Waals surface area contributed by atoms with Gasteiger partial charge in [-0.15, -0.1) is 0 Å². The number of ether oxygens (including phenoxy) is 1. The summed E-state index contributed by atoms with van der Waals surface area (Å²) in [5.74, 6) is 0.1000. The van der Waals surface area contributed by atoms with Crippen molar-refractivity contribution < 1.29 is 9.53 Å². The summed E-state index contributed by atoms with van der Waals surface area (Å²) < 4.78 is 5.41. The fourth-order valence-electron chi connectivity index (χ4n) is 2.23. The molecular weight excluding hydrogens is 262 g/mol. The molecule has 0 atom stereocenters. The third kappa shape index (κ3) is 2.77. The first-order chi connectivity index (χ1) is 10.3. The van der Waals surface area contributed by atoms with Crippen LogP contribution in [-0.2, 0) is 6.42 Å². The van der Waals surface area contributed by atoms with E-state index < -0.39 is 5.97 Å². The molecule has 0 aliphatic rings. The van der Waals surface area contributed by atoms with Crippen LogP contribution in [-0.4, -0.2) is 11.0 Å². The van der Waals surface area contributed by atoms with E-state index in [4.69, 9.17) is 4.74 Å². The standard InChI is InChI=1S/C18H15NO2/c1-2-14-12-13-8-6-7-11-16(13)17(19-14)18(20)21-15-9-4-3-5-10-15/h3-12H,2H2,1H3. The van der Waals surface area contributed by atoms with Crippen LogP contribution >= 0.6 is 0 Å². The molecule has 0 saturated heterocycles. The number of para-hydroxylation sites is 1. The van der Waals surface area contributed by atoms with Crippen molar-refractivity contribution in [1.82, 2.24) is 4.98 Å². The van der Waals surface area contributed by atoms with Crippen LogP contribution in [0.1, 0.15) is 23.1 Å². The smallest absolute Gasteiger partial charge is 0.362 e. The van der Waals surface area contributed by atoms with E-state index in [1.165, 1.54) is 0 Å². The van der Waals surface area contributed by atoms with Gasteiger partial charge in [-0.05, 0) is 30.0 Å². The predicted octanol–water partition coefficient (Wildman–Crippen LogP) is 4.02. The minimum absolute atomic E-state index is 0.369. The van der Waals surface area contributed by atoms with Crippen LogP contribution in [0, 0.1) is 0 Å². The molecule has 21 heavy (non-hydrogen) atoms. The van der Waals surface area contributed by atoms with E-state index in [-0.39, 0.29) is 0 Å². The van der Waals surface area contributed by atoms with Gasteiger partial charge in [-0.2, -0.15) is 0 Å². The summed E-state index contributed by atoms with van der Waals surface area (Å²) in [5, 5.41) is 1.82. The van der Waals surface area contributed by atoms with Gasteiger partial charge in [-0.25, -0.2) is 9.78 Å². The quantitative estimate of drug-likeness (QED) is 0.536. The number of carbonyl (C=O) groups excluding carboxylic acids is 1. The Morgan fingerprint density at radius 3 is 2.52 bits per heavy atom. The first-order valence-electron chi connectivity index (χ1n) is 6.94. The van der Waals surface area contributed by atoms with Crippen molar-refractivity contribution in [2.24, 2.45) is 0 Å². The van der Waals surface area contributed by atoms with Crippen molar-refractivity contribution in [2.45, 2.75) is 13.3 Å². The monoisotopic (exact) mass is 277 g/mol. The molecule has 0 aliphatic heterocycles. The molecule has 0 saturated carbocycles. The topological polar surface area (TPSA) is 39.2 Å². The van der Waals surface area contributed by atoms with Crippen LogP contribution in [0.15, 0.2) is 60.7 Å². The summed E-state index contributed by atoms with van der Waals surface area (Å²) in [7, 11) is 0. The van der Waals surface area contributed by atoms with Crippen LogP contribution in [0.3, 0.4) is 0 Å². The Hall–Kier alpha value is -2.68. The fraction of sp³-hybridized carbons (Fsp3) is 0.111. The van der Waals surface area contributed by atoms with E-state index in [1.807, 2.05) is 55.5 Å². The second kappa shape index (κ2) is 5.75. The molecular formula is C18H15NO2. The van der Waals surface area contributed by atoms with Gasteiger partial charge in [-0.3, -0.25) is 0 Å². The number of aromatic nitrogens is 1. The molecule has 3 aromatic rings. The average Bonchev–Trinajstić information content (AvgIpc) is 2.54. The van der Waals surface area contributed by atoms with Gasteiger partial charge in [0.2, 0.25) is 0 Å². The molecule has 0 fully saturated rings. The van der Waals surface area contributed by atoms with Crippen molar-refractivity contribution >= 4 is 16.7 Å². The number of nitrogens with zero attached hydrogens (tertiary/aromatic N) is 1. The highest BCUT2D eigenvalue weighted by atomic mass is 16.5. The number of fused-ring (bicyclic) bond motifs is 1. The Labute approximate surface area is 123 Å². The number of aryl methyl sites for hydroxylation is 1. The molecule has 0 spiro atoms. The molecule has 0 aliphatic carbocycles. The highest BCUT2D eigenvalue weighted by Gasteiger charge is 2.15. The summed E-state index contributed by atoms with van der Waals surface area (Å²) in [4.78, 5) is 16.9. The van der Waals surface area contributed by atoms with Gasteiger partial charge >= 0.3 is 5.97 Å². The Bertz CT molecular complexity index is 782. The number of carbonyl (C=O) groups is 1. The highest BCUT2D eigenvalue weighted by molar-refractivity contribution is 6.03. The Morgan fingerprint density at radius 1 is 1.05 bits per heavy atom. The normalized spacial score (nSPS) is 10.5. The molecule has 0 radical (unpaired) electrons. The lowest BCUT2D eigenvalue weighted by Crippen LogP contribution is -2.12. The number of pyridine rings is 1. The van der Waals surface area contributed by atoms with Crippen LogP contribution in [0.25, 0.3) is 10.8 Å². The minimum atomic E-state index is -0.423. The molecule has 0 N–H and O–H groups in total. The van der Waals surface area contributed by atoms with Gasteiger partial charge < -0.3 is 4.74 Å². The van der Waals surface area contributed by atoms with Crippen molar-refractivity contribution in [3.63, 3.8) is 0 Å². The zero-order valence-corrected chi connectivity index (χ0v) is 11.7. The third-order valence-corrected chi connectivity index (χ3v) is 3.30. The zero-order chi connectivity index (χ0) is 14.7. The maximum atomic E-state index is 12.4. The first kappa shape index (κ1) is 13.3. The van der Waals surface area contributed by atoms with Crippen LogP contribution in [0.2, 0.25) is 0 Å². The lowest BCUT2D eigenvalue weighted by atomic mass is 10.1. The Morgan fingerprint density at radius 2 is 1.76 bits per heavy atom. The molecule has 1 aromatic heterocycles. The first-order valence-corrected chi connectivity index (χ1v) is 6.94. The summed E-state index contributed by atoms with van der Waals surface area (Å²) >= 11 is 0. The molecule has 3 nitrogen and oxygen atoms in total. The Kier molecular flexibility index (Phi) is 3.65. The second-order valence-corrected chi connectivity index (χ2v) is 4.74. The second-order valence-electron chi connectivity index (χ2n) is 4.74. The summed E-state index contributed by atoms with van der Waals surface area (Å²) in [6, 6.07) is 18.8. The Balaban J connectivity index is 2.04. The zero-order valence-electron chi connectivity index (χ0n) is 11.7. The van der Waals surface area contributed by atoms with Gasteiger partial charge in [0.25, 0.3) is 0 Å². The average molecular weight is 277 g/mol. The SMILES string of the molecule is CCc1cc2ccccc2c(C(=O)Oc2ccccc2)n1. The summed E-state index contributed by atoms with van der Waals surface area (Å²) in [5.41, 5.74) is 1.25. The van der Waals surface area contributed by atoms with Gasteiger partial charge in [0.15, 0.2) is 5.69 Å². The van der Waals surface area contributed by atoms with E-state index in [9.17, 15) is 4.79 Å². The largest absolute Gasteiger partial charge is 0.422 e. The van der Waals surface area contributed by atoms with Crippen LogP contribution < -0.4 is 4.74 Å². The minimum Gasteiger partial charge on any atom is -0.422 e. The van der Waals surface area contributed by atoms with E-state index in [0.29, 0.717) is 11.4 Å². The number of esters is 1. The molecule has 2 aromatic carbocycles. The van der Waals surface area contributed by atoms with E-state index in [2.05, 4.69) is 4.98 Å². The predicted molar refractivity (Wildman–Crippen MR) is 82.5 cm³/mol. The molecule has 104 valence electrons. The van der Waals surface area contributed by atoms with Crippen LogP contribution in [0.5, 0.6) is 5.75 Å². The number of rotatable bonds is 3. The fourth-order valence-corrected chi connectivity index (χ4v) is 2.23. The van der Waals surface area contributed by atoms with E-state index >= 15 is 0 Å². The molecule has 0 amide bonds. The van der Waals surface area contributed by atoms with E-state index in [1.54, 1.807) is 12.1 Å². The molecule has 0 bridgehead atoms. The molecule has 3 heteroatoms. The van der Waals surface area contributed by atoms with Gasteiger partial charge in [0.1, 0.15) is 5.75 Å². The molecule has 1 heterocycles. The molecule has 0 unspecified atom stereocenters. The van der Waals surface area contributed by atoms with Crippen molar-refractivity contribution in [1.29, 1.82) is 0 Å². The van der Waals surface area contributed by atoms with E-state index in [0.717, 1.165) is 22.9 Å². The van der Waals surface area contributed by atoms with Gasteiger partial charge in [0, 0.05) is 11.1 Å². The number of hydrogen-bond acceptors (Lipinski definition) is 3. The van der Waals surface area contributed by atoms with Crippen molar-refractivity contribution in [3.8, 4) is 5.75 Å². The lowest BCUT2D eigenvalue weighted by Gasteiger charge is -2.08. The summed E-state index contributed by atoms with van der Waals surface area (Å²) in [6.45, 7) is 2.02. The molecule has 3 rings (SSSR count). The maximum Gasteiger partial charge on any atom is 0.362 e. The van der Waals surface area contributed by atoms with Crippen molar-refractivity contribution in [3.05, 3.63) is 72.1 Å². The third-order valence-electron chi connectivity index (χ3n) is 3.30. The highest BCUT2D eigenvalue weighted by Crippen LogP contribution is 2.20. The van der Waals surface area contributed by atoms with Crippen LogP contribution in [0.4, 0.5) is 0 Å². The van der Waals surface area contributed by atoms with Crippen molar-refractivity contribution in [2.75, 3.05) is 0 Å². The summed E-state index contributed by atoms with van der Waals surface area (Å²) in [6.07, 6.45) is 0.774. The van der Waals surface area contributed by atoms with Gasteiger partial charge in [0.05, 0.1) is 0 Å². The maximum absolute atomic E-state index is 12.4.